The molecule has 1 atom stereocenters. The number of aryl methyl sites for hydroxylation is 2. The molecule has 1 unspecified atom stereocenters. The van der Waals surface area contributed by atoms with Crippen LogP contribution >= 0.6 is 0 Å². The van der Waals surface area contributed by atoms with E-state index in [1.807, 2.05) is 0 Å². The lowest BCUT2D eigenvalue weighted by atomic mass is 10.1. The first-order valence-electron chi connectivity index (χ1n) is 5.66. The van der Waals surface area contributed by atoms with Crippen molar-refractivity contribution < 1.29 is 4.74 Å². The van der Waals surface area contributed by atoms with E-state index in [0.29, 0.717) is 0 Å². The van der Waals surface area contributed by atoms with Gasteiger partial charge in [-0.05, 0) is 62.4 Å². The maximum absolute atomic E-state index is 5.93. The molecule has 0 N–H and O–H groups in total. The highest BCUT2D eigenvalue weighted by atomic mass is 16.5. The van der Waals surface area contributed by atoms with E-state index in [4.69, 9.17) is 4.74 Å². The number of benzene rings is 1. The Kier molecular flexibility index (Phi) is 3.10. The Bertz CT molecular complexity index is 345. The van der Waals surface area contributed by atoms with Crippen molar-refractivity contribution in [2.24, 2.45) is 0 Å². The molecule has 0 aromatic heterocycles. The van der Waals surface area contributed by atoms with Gasteiger partial charge in [-0.3, -0.25) is 0 Å². The van der Waals surface area contributed by atoms with Gasteiger partial charge in [-0.1, -0.05) is 12.1 Å². The summed E-state index contributed by atoms with van der Waals surface area (Å²) in [7, 11) is 0. The van der Waals surface area contributed by atoms with Crippen LogP contribution < -0.4 is 4.74 Å². The first-order valence-corrected chi connectivity index (χ1v) is 5.66. The molecule has 0 radical (unpaired) electrons. The lowest BCUT2D eigenvalue weighted by Crippen LogP contribution is -2.15. The maximum Gasteiger partial charge on any atom is 0.120 e. The van der Waals surface area contributed by atoms with Gasteiger partial charge < -0.3 is 4.74 Å². The Morgan fingerprint density at radius 1 is 1.13 bits per heavy atom. The average Bonchev–Trinajstić information content (AvgIpc) is 2.17. The Hall–Kier alpha value is -1.24. The number of hydrogen-bond donors (Lipinski definition) is 0. The molecule has 0 heterocycles. The molecule has 1 aromatic carbocycles. The number of ether oxygens (including phenoxy) is 1. The van der Waals surface area contributed by atoms with Crippen molar-refractivity contribution in [2.45, 2.75) is 39.2 Å². The normalized spacial score (nSPS) is 20.3. The molecule has 1 aliphatic rings. The van der Waals surface area contributed by atoms with Gasteiger partial charge in [0.05, 0.1) is 0 Å². The largest absolute Gasteiger partial charge is 0.486 e. The summed E-state index contributed by atoms with van der Waals surface area (Å²) >= 11 is 0. The van der Waals surface area contributed by atoms with Crippen LogP contribution in [0.15, 0.2) is 30.4 Å². The van der Waals surface area contributed by atoms with Crippen LogP contribution in [0.1, 0.15) is 30.4 Å². The smallest absolute Gasteiger partial charge is 0.120 e. The minimum Gasteiger partial charge on any atom is -0.486 e. The van der Waals surface area contributed by atoms with Crippen molar-refractivity contribution in [3.63, 3.8) is 0 Å². The number of allylic oxidation sites excluding steroid dienone is 1. The topological polar surface area (TPSA) is 9.23 Å². The number of hydrogen-bond acceptors (Lipinski definition) is 1. The summed E-state index contributed by atoms with van der Waals surface area (Å²) in [6.45, 7) is 4.22. The van der Waals surface area contributed by atoms with Crippen LogP contribution in [0.2, 0.25) is 0 Å². The Labute approximate surface area is 91.8 Å². The molecule has 15 heavy (non-hydrogen) atoms. The molecule has 1 nitrogen and oxygen atoms in total. The molecule has 0 aliphatic heterocycles. The van der Waals surface area contributed by atoms with Gasteiger partial charge >= 0.3 is 0 Å². The molecule has 0 saturated carbocycles. The third-order valence-corrected chi connectivity index (χ3v) is 2.69. The minimum atomic E-state index is 0.278. The first-order chi connectivity index (χ1) is 7.24. The Morgan fingerprint density at radius 2 is 1.87 bits per heavy atom. The van der Waals surface area contributed by atoms with Crippen molar-refractivity contribution in [3.8, 4) is 5.75 Å². The van der Waals surface area contributed by atoms with E-state index in [2.05, 4.69) is 44.2 Å². The zero-order valence-electron chi connectivity index (χ0n) is 9.49. The monoisotopic (exact) mass is 202 g/mol. The standard InChI is InChI=1S/C14H18O/c1-11-8-12(2)10-14(9-11)15-13-6-4-3-5-7-13/h4,6,8-10,13H,3,5,7H2,1-2H3. The third kappa shape index (κ3) is 2.85. The molecule has 0 saturated heterocycles. The van der Waals surface area contributed by atoms with E-state index < -0.39 is 0 Å². The van der Waals surface area contributed by atoms with Crippen molar-refractivity contribution in [2.75, 3.05) is 0 Å². The van der Waals surface area contributed by atoms with E-state index in [-0.39, 0.29) is 6.10 Å². The fraction of sp³-hybridized carbons (Fsp3) is 0.429. The van der Waals surface area contributed by atoms with Crippen molar-refractivity contribution in [1.29, 1.82) is 0 Å². The first kappa shape index (κ1) is 10.3. The summed E-state index contributed by atoms with van der Waals surface area (Å²) in [5.74, 6) is 1.00. The summed E-state index contributed by atoms with van der Waals surface area (Å²) in [5, 5.41) is 0. The van der Waals surface area contributed by atoms with Crippen LogP contribution in [-0.4, -0.2) is 6.10 Å². The summed E-state index contributed by atoms with van der Waals surface area (Å²) in [4.78, 5) is 0. The van der Waals surface area contributed by atoms with Gasteiger partial charge in [0, 0.05) is 0 Å². The summed E-state index contributed by atoms with van der Waals surface area (Å²) in [5.41, 5.74) is 2.54. The van der Waals surface area contributed by atoms with Crippen LogP contribution in [0, 0.1) is 13.8 Å². The zero-order valence-corrected chi connectivity index (χ0v) is 9.49. The van der Waals surface area contributed by atoms with Crippen molar-refractivity contribution >= 4 is 0 Å². The fourth-order valence-electron chi connectivity index (χ4n) is 2.06. The second kappa shape index (κ2) is 4.52. The summed E-state index contributed by atoms with van der Waals surface area (Å²) < 4.78 is 5.93. The van der Waals surface area contributed by atoms with E-state index in [0.717, 1.165) is 12.2 Å². The highest BCUT2D eigenvalue weighted by molar-refractivity contribution is 5.33. The lowest BCUT2D eigenvalue weighted by molar-refractivity contribution is 0.229. The molecular weight excluding hydrogens is 184 g/mol. The van der Waals surface area contributed by atoms with E-state index in [9.17, 15) is 0 Å². The van der Waals surface area contributed by atoms with Gasteiger partial charge in [0.1, 0.15) is 11.9 Å². The SMILES string of the molecule is Cc1cc(C)cc(OC2C=CCCC2)c1. The minimum absolute atomic E-state index is 0.278. The maximum atomic E-state index is 5.93. The van der Waals surface area contributed by atoms with Crippen LogP contribution in [-0.2, 0) is 0 Å². The third-order valence-electron chi connectivity index (χ3n) is 2.69. The molecule has 1 aromatic rings. The quantitative estimate of drug-likeness (QED) is 0.663. The van der Waals surface area contributed by atoms with Gasteiger partial charge in [-0.2, -0.15) is 0 Å². The van der Waals surface area contributed by atoms with Gasteiger partial charge in [0.15, 0.2) is 0 Å². The van der Waals surface area contributed by atoms with E-state index >= 15 is 0 Å². The predicted octanol–water partition coefficient (Wildman–Crippen LogP) is 3.79. The molecule has 0 fully saturated rings. The van der Waals surface area contributed by atoms with Gasteiger partial charge in [-0.15, -0.1) is 0 Å². The Morgan fingerprint density at radius 3 is 2.47 bits per heavy atom. The van der Waals surface area contributed by atoms with E-state index in [1.165, 1.54) is 24.0 Å². The lowest BCUT2D eigenvalue weighted by Gasteiger charge is -2.19. The summed E-state index contributed by atoms with van der Waals surface area (Å²) in [6.07, 6.45) is 8.26. The van der Waals surface area contributed by atoms with Gasteiger partial charge in [0.2, 0.25) is 0 Å². The highest BCUT2D eigenvalue weighted by Crippen LogP contribution is 2.21. The van der Waals surface area contributed by atoms with Gasteiger partial charge in [0.25, 0.3) is 0 Å². The van der Waals surface area contributed by atoms with Crippen LogP contribution in [0.4, 0.5) is 0 Å². The molecule has 2 rings (SSSR count). The van der Waals surface area contributed by atoms with Crippen molar-refractivity contribution in [1.82, 2.24) is 0 Å². The van der Waals surface area contributed by atoms with E-state index in [1.54, 1.807) is 0 Å². The van der Waals surface area contributed by atoms with Crippen LogP contribution in [0.3, 0.4) is 0 Å². The molecule has 80 valence electrons. The average molecular weight is 202 g/mol. The zero-order chi connectivity index (χ0) is 10.7. The van der Waals surface area contributed by atoms with Crippen molar-refractivity contribution in [3.05, 3.63) is 41.5 Å². The summed E-state index contributed by atoms with van der Waals surface area (Å²) in [6, 6.07) is 6.38. The molecular formula is C14H18O. The second-order valence-electron chi connectivity index (χ2n) is 4.34. The molecule has 0 bridgehead atoms. The molecule has 1 aliphatic carbocycles. The fourth-order valence-corrected chi connectivity index (χ4v) is 2.06. The number of rotatable bonds is 2. The molecule has 0 spiro atoms. The molecule has 1 heteroatoms. The molecule has 0 amide bonds. The Balaban J connectivity index is 2.09. The predicted molar refractivity (Wildman–Crippen MR) is 63.3 cm³/mol. The second-order valence-corrected chi connectivity index (χ2v) is 4.34. The van der Waals surface area contributed by atoms with Crippen LogP contribution in [0.25, 0.3) is 0 Å². The van der Waals surface area contributed by atoms with Gasteiger partial charge in [-0.25, -0.2) is 0 Å². The highest BCUT2D eigenvalue weighted by Gasteiger charge is 2.09. The van der Waals surface area contributed by atoms with Crippen LogP contribution in [0.5, 0.6) is 5.75 Å².